The second-order valence-corrected chi connectivity index (χ2v) is 3.81. The standard InChI is InChI=1S/C11H10F2N2O2/c12-7-2-1-6(5-8(7)13)15-10(16)4-3-9(14)11(15)17/h1-2,5,9H,3-4,14H2. The molecular formula is C11H10F2N2O2. The summed E-state index contributed by atoms with van der Waals surface area (Å²) in [7, 11) is 0. The third-order valence-corrected chi connectivity index (χ3v) is 2.62. The quantitative estimate of drug-likeness (QED) is 0.743. The second-order valence-electron chi connectivity index (χ2n) is 3.81. The van der Waals surface area contributed by atoms with Crippen molar-refractivity contribution in [3.8, 4) is 0 Å². The predicted octanol–water partition coefficient (Wildman–Crippen LogP) is 0.945. The van der Waals surface area contributed by atoms with E-state index in [4.69, 9.17) is 5.73 Å². The van der Waals surface area contributed by atoms with Gasteiger partial charge in [0.25, 0.3) is 5.91 Å². The van der Waals surface area contributed by atoms with Gasteiger partial charge in [-0.05, 0) is 18.6 Å². The van der Waals surface area contributed by atoms with E-state index in [9.17, 15) is 18.4 Å². The van der Waals surface area contributed by atoms with Crippen LogP contribution >= 0.6 is 0 Å². The lowest BCUT2D eigenvalue weighted by atomic mass is 10.0. The van der Waals surface area contributed by atoms with Gasteiger partial charge >= 0.3 is 0 Å². The molecule has 1 fully saturated rings. The average Bonchev–Trinajstić information content (AvgIpc) is 2.29. The number of piperidine rings is 1. The Morgan fingerprint density at radius 3 is 2.59 bits per heavy atom. The topological polar surface area (TPSA) is 63.4 Å². The number of imide groups is 1. The molecular weight excluding hydrogens is 230 g/mol. The van der Waals surface area contributed by atoms with E-state index in [1.54, 1.807) is 0 Å². The molecule has 90 valence electrons. The van der Waals surface area contributed by atoms with Gasteiger partial charge in [-0.25, -0.2) is 13.7 Å². The van der Waals surface area contributed by atoms with Crippen LogP contribution in [0, 0.1) is 11.6 Å². The van der Waals surface area contributed by atoms with Crippen LogP contribution < -0.4 is 10.6 Å². The molecule has 17 heavy (non-hydrogen) atoms. The van der Waals surface area contributed by atoms with Crippen molar-refractivity contribution in [2.45, 2.75) is 18.9 Å². The van der Waals surface area contributed by atoms with E-state index in [2.05, 4.69) is 0 Å². The van der Waals surface area contributed by atoms with Crippen LogP contribution in [0.2, 0.25) is 0 Å². The van der Waals surface area contributed by atoms with Crippen LogP contribution in [-0.4, -0.2) is 17.9 Å². The van der Waals surface area contributed by atoms with E-state index in [-0.39, 0.29) is 18.5 Å². The Morgan fingerprint density at radius 2 is 1.94 bits per heavy atom. The molecule has 0 aromatic heterocycles. The second kappa shape index (κ2) is 4.21. The molecule has 1 aromatic rings. The first kappa shape index (κ1) is 11.7. The molecule has 1 atom stereocenters. The summed E-state index contributed by atoms with van der Waals surface area (Å²) in [5.41, 5.74) is 5.53. The fourth-order valence-electron chi connectivity index (χ4n) is 1.70. The third kappa shape index (κ3) is 2.03. The van der Waals surface area contributed by atoms with Gasteiger partial charge in [-0.15, -0.1) is 0 Å². The first-order valence-electron chi connectivity index (χ1n) is 5.08. The molecule has 1 aliphatic heterocycles. The van der Waals surface area contributed by atoms with Crippen molar-refractivity contribution in [2.24, 2.45) is 5.73 Å². The number of benzene rings is 1. The minimum absolute atomic E-state index is 0.00838. The summed E-state index contributed by atoms with van der Waals surface area (Å²) in [5, 5.41) is 0. The minimum atomic E-state index is -1.11. The fraction of sp³-hybridized carbons (Fsp3) is 0.273. The summed E-state index contributed by atoms with van der Waals surface area (Å²) in [6.07, 6.45) is 0.393. The van der Waals surface area contributed by atoms with Crippen LogP contribution in [0.3, 0.4) is 0 Å². The summed E-state index contributed by atoms with van der Waals surface area (Å²) in [6.45, 7) is 0. The molecule has 1 heterocycles. The van der Waals surface area contributed by atoms with Crippen LogP contribution in [0.5, 0.6) is 0 Å². The van der Waals surface area contributed by atoms with Gasteiger partial charge in [0.1, 0.15) is 0 Å². The maximum Gasteiger partial charge on any atom is 0.250 e. The Morgan fingerprint density at radius 1 is 1.24 bits per heavy atom. The van der Waals surface area contributed by atoms with E-state index in [1.165, 1.54) is 6.07 Å². The number of rotatable bonds is 1. The molecule has 2 rings (SSSR count). The Kier molecular flexibility index (Phi) is 2.89. The molecule has 1 aliphatic rings. The highest BCUT2D eigenvalue weighted by Gasteiger charge is 2.33. The highest BCUT2D eigenvalue weighted by Crippen LogP contribution is 2.23. The molecule has 0 aliphatic carbocycles. The smallest absolute Gasteiger partial charge is 0.250 e. The van der Waals surface area contributed by atoms with Gasteiger partial charge in [0.15, 0.2) is 11.6 Å². The van der Waals surface area contributed by atoms with Gasteiger partial charge in [-0.2, -0.15) is 0 Å². The van der Waals surface area contributed by atoms with E-state index in [0.29, 0.717) is 0 Å². The normalized spacial score (nSPS) is 20.9. The average molecular weight is 240 g/mol. The van der Waals surface area contributed by atoms with Crippen LogP contribution in [0.15, 0.2) is 18.2 Å². The van der Waals surface area contributed by atoms with Crippen molar-refractivity contribution in [2.75, 3.05) is 4.90 Å². The zero-order valence-electron chi connectivity index (χ0n) is 8.82. The summed E-state index contributed by atoms with van der Waals surface area (Å²) < 4.78 is 25.8. The minimum Gasteiger partial charge on any atom is -0.320 e. The molecule has 6 heteroatoms. The first-order valence-corrected chi connectivity index (χ1v) is 5.08. The van der Waals surface area contributed by atoms with Crippen molar-refractivity contribution in [1.82, 2.24) is 0 Å². The van der Waals surface area contributed by atoms with Crippen molar-refractivity contribution >= 4 is 17.5 Å². The number of nitrogens with two attached hydrogens (primary N) is 1. The molecule has 4 nitrogen and oxygen atoms in total. The summed E-state index contributed by atoms with van der Waals surface area (Å²) >= 11 is 0. The van der Waals surface area contributed by atoms with Gasteiger partial charge in [0.05, 0.1) is 11.7 Å². The van der Waals surface area contributed by atoms with Gasteiger partial charge in [-0.3, -0.25) is 9.59 Å². The number of amides is 2. The van der Waals surface area contributed by atoms with Crippen LogP contribution in [0.1, 0.15) is 12.8 Å². The number of nitrogens with zero attached hydrogens (tertiary/aromatic N) is 1. The number of halogens is 2. The Hall–Kier alpha value is -1.82. The maximum atomic E-state index is 13.0. The highest BCUT2D eigenvalue weighted by molar-refractivity contribution is 6.18. The van der Waals surface area contributed by atoms with Crippen LogP contribution in [0.25, 0.3) is 0 Å². The van der Waals surface area contributed by atoms with Crippen LogP contribution in [-0.2, 0) is 9.59 Å². The summed E-state index contributed by atoms with van der Waals surface area (Å²) in [6, 6.07) is 2.07. The molecule has 0 bridgehead atoms. The van der Waals surface area contributed by atoms with Gasteiger partial charge in [0, 0.05) is 12.5 Å². The molecule has 0 radical (unpaired) electrons. The van der Waals surface area contributed by atoms with E-state index in [1.807, 2.05) is 0 Å². The lowest BCUT2D eigenvalue weighted by Gasteiger charge is -2.28. The van der Waals surface area contributed by atoms with Gasteiger partial charge in [-0.1, -0.05) is 0 Å². The van der Waals surface area contributed by atoms with Crippen LogP contribution in [0.4, 0.5) is 14.5 Å². The molecule has 1 saturated heterocycles. The zero-order valence-corrected chi connectivity index (χ0v) is 8.82. The van der Waals surface area contributed by atoms with Crippen molar-refractivity contribution in [3.05, 3.63) is 29.8 Å². The lowest BCUT2D eigenvalue weighted by molar-refractivity contribution is -0.130. The van der Waals surface area contributed by atoms with Crippen molar-refractivity contribution < 1.29 is 18.4 Å². The Labute approximate surface area is 96.0 Å². The van der Waals surface area contributed by atoms with E-state index < -0.39 is 29.5 Å². The first-order chi connectivity index (χ1) is 8.00. The molecule has 1 unspecified atom stereocenters. The predicted molar refractivity (Wildman–Crippen MR) is 56.1 cm³/mol. The molecule has 2 amide bonds. The molecule has 0 spiro atoms. The highest BCUT2D eigenvalue weighted by atomic mass is 19.2. The number of anilines is 1. The summed E-state index contributed by atoms with van der Waals surface area (Å²) in [4.78, 5) is 24.1. The SMILES string of the molecule is NC1CCC(=O)N(c2ccc(F)c(F)c2)C1=O. The number of hydrogen-bond acceptors (Lipinski definition) is 3. The van der Waals surface area contributed by atoms with Gasteiger partial charge < -0.3 is 5.73 Å². The molecule has 0 saturated carbocycles. The van der Waals surface area contributed by atoms with Crippen molar-refractivity contribution in [1.29, 1.82) is 0 Å². The lowest BCUT2D eigenvalue weighted by Crippen LogP contribution is -2.51. The van der Waals surface area contributed by atoms with E-state index in [0.717, 1.165) is 17.0 Å². The summed E-state index contributed by atoms with van der Waals surface area (Å²) in [5.74, 6) is -3.19. The molecule has 2 N–H and O–H groups in total. The fourth-order valence-corrected chi connectivity index (χ4v) is 1.70. The monoisotopic (exact) mass is 240 g/mol. The zero-order chi connectivity index (χ0) is 12.6. The largest absolute Gasteiger partial charge is 0.320 e. The maximum absolute atomic E-state index is 13.0. The number of carbonyl (C=O) groups is 2. The number of carbonyl (C=O) groups excluding carboxylic acids is 2. The number of hydrogen-bond donors (Lipinski definition) is 1. The Balaban J connectivity index is 2.39. The Bertz CT molecular complexity index is 490. The van der Waals surface area contributed by atoms with E-state index >= 15 is 0 Å². The third-order valence-electron chi connectivity index (χ3n) is 2.62. The van der Waals surface area contributed by atoms with Gasteiger partial charge in [0.2, 0.25) is 5.91 Å². The molecule has 1 aromatic carbocycles. The van der Waals surface area contributed by atoms with Crippen molar-refractivity contribution in [3.63, 3.8) is 0 Å².